The van der Waals surface area contributed by atoms with Crippen LogP contribution in [0.5, 0.6) is 0 Å². The number of hydrogen-bond donors (Lipinski definition) is 0. The van der Waals surface area contributed by atoms with Crippen molar-refractivity contribution in [2.75, 3.05) is 0 Å². The number of carbonyl (C=O) groups is 1. The zero-order chi connectivity index (χ0) is 19.8. The molecule has 0 amide bonds. The zero-order valence-corrected chi connectivity index (χ0v) is 16.7. The van der Waals surface area contributed by atoms with E-state index < -0.39 is 0 Å². The van der Waals surface area contributed by atoms with E-state index in [1.165, 1.54) is 44.1 Å². The van der Waals surface area contributed by atoms with Crippen LogP contribution < -0.4 is 0 Å². The van der Waals surface area contributed by atoms with Gasteiger partial charge in [-0.1, -0.05) is 56.2 Å². The summed E-state index contributed by atoms with van der Waals surface area (Å²) in [6.07, 6.45) is 8.23. The summed E-state index contributed by atoms with van der Waals surface area (Å²) in [5.74, 6) is 1.37. The van der Waals surface area contributed by atoms with Gasteiger partial charge in [0.25, 0.3) is 0 Å². The fraction of sp³-hybridized carbons (Fsp3) is 0.440. The lowest BCUT2D eigenvalue weighted by Gasteiger charge is -2.28. The lowest BCUT2D eigenvalue weighted by Crippen LogP contribution is -2.13. The van der Waals surface area contributed by atoms with Crippen LogP contribution in [-0.2, 0) is 22.6 Å². The van der Waals surface area contributed by atoms with Crippen molar-refractivity contribution >= 4 is 5.97 Å². The second-order valence-electron chi connectivity index (χ2n) is 7.89. The Morgan fingerprint density at radius 2 is 1.64 bits per heavy atom. The van der Waals surface area contributed by atoms with Crippen molar-refractivity contribution in [3.8, 4) is 6.07 Å². The summed E-state index contributed by atoms with van der Waals surface area (Å²) in [6, 6.07) is 17.7. The maximum atomic E-state index is 12.1. The Bertz CT molecular complexity index is 794. The van der Waals surface area contributed by atoms with Crippen molar-refractivity contribution in [1.82, 2.24) is 0 Å². The quantitative estimate of drug-likeness (QED) is 0.565. The van der Waals surface area contributed by atoms with Crippen LogP contribution in [0.4, 0.5) is 0 Å². The Morgan fingerprint density at radius 3 is 2.25 bits per heavy atom. The first-order valence-electron chi connectivity index (χ1n) is 10.4. The van der Waals surface area contributed by atoms with Gasteiger partial charge in [-0.15, -0.1) is 0 Å². The molecule has 0 spiro atoms. The molecule has 3 nitrogen and oxygen atoms in total. The third-order valence-corrected chi connectivity index (χ3v) is 5.83. The van der Waals surface area contributed by atoms with Crippen molar-refractivity contribution in [2.24, 2.45) is 5.92 Å². The molecule has 0 aliphatic heterocycles. The van der Waals surface area contributed by atoms with E-state index in [4.69, 9.17) is 10.00 Å². The second-order valence-corrected chi connectivity index (χ2v) is 7.89. The molecule has 2 aromatic rings. The highest BCUT2D eigenvalue weighted by molar-refractivity contribution is 5.72. The molecule has 1 fully saturated rings. The summed E-state index contributed by atoms with van der Waals surface area (Å²) < 4.78 is 5.36. The minimum atomic E-state index is -0.225. The number of nitrogens with zero attached hydrogens (tertiary/aromatic N) is 1. The van der Waals surface area contributed by atoms with E-state index in [0.717, 1.165) is 17.0 Å². The fourth-order valence-corrected chi connectivity index (χ4v) is 4.16. The minimum absolute atomic E-state index is 0.225. The number of carbonyl (C=O) groups excluding carboxylic acids is 1. The standard InChI is InChI=1S/C25H29NO2/c1-2-3-19-8-12-23(13-9-19)24-14-10-20(11-15-24)16-25(27)28-18-22-6-4-21(17-26)5-7-22/h4-7,10-11,14-15,19,23H,2-3,8-9,12-13,16,18H2,1H3. The first-order valence-corrected chi connectivity index (χ1v) is 10.4. The number of benzene rings is 2. The van der Waals surface area contributed by atoms with Gasteiger partial charge in [0, 0.05) is 0 Å². The normalized spacial score (nSPS) is 19.0. The van der Waals surface area contributed by atoms with Gasteiger partial charge in [0.15, 0.2) is 0 Å². The van der Waals surface area contributed by atoms with Crippen LogP contribution in [0.25, 0.3) is 0 Å². The number of ether oxygens (including phenoxy) is 1. The highest BCUT2D eigenvalue weighted by Crippen LogP contribution is 2.37. The van der Waals surface area contributed by atoms with Gasteiger partial charge in [-0.3, -0.25) is 4.79 Å². The topological polar surface area (TPSA) is 50.1 Å². The summed E-state index contributed by atoms with van der Waals surface area (Å²) in [4.78, 5) is 12.1. The molecule has 146 valence electrons. The fourth-order valence-electron chi connectivity index (χ4n) is 4.16. The van der Waals surface area contributed by atoms with Gasteiger partial charge in [-0.2, -0.15) is 5.26 Å². The van der Waals surface area contributed by atoms with Gasteiger partial charge in [-0.05, 0) is 66.3 Å². The molecule has 0 heterocycles. The average Bonchev–Trinajstić information content (AvgIpc) is 2.74. The van der Waals surface area contributed by atoms with Gasteiger partial charge >= 0.3 is 5.97 Å². The number of esters is 1. The Morgan fingerprint density at radius 1 is 1.00 bits per heavy atom. The summed E-state index contributed by atoms with van der Waals surface area (Å²) in [5.41, 5.74) is 3.90. The molecule has 3 heteroatoms. The predicted octanol–water partition coefficient (Wildman–Crippen LogP) is 5.92. The van der Waals surface area contributed by atoms with E-state index in [2.05, 4.69) is 37.3 Å². The zero-order valence-electron chi connectivity index (χ0n) is 16.7. The molecule has 0 aromatic heterocycles. The Labute approximate surface area is 168 Å². The largest absolute Gasteiger partial charge is 0.461 e. The molecule has 0 unspecified atom stereocenters. The summed E-state index contributed by atoms with van der Waals surface area (Å²) in [5, 5.41) is 8.81. The Kier molecular flexibility index (Phi) is 7.25. The molecular weight excluding hydrogens is 346 g/mol. The van der Waals surface area contributed by atoms with E-state index in [9.17, 15) is 4.79 Å². The first kappa shape index (κ1) is 20.1. The van der Waals surface area contributed by atoms with Crippen LogP contribution in [0.2, 0.25) is 0 Å². The van der Waals surface area contributed by atoms with E-state index in [1.807, 2.05) is 12.1 Å². The third-order valence-electron chi connectivity index (χ3n) is 5.83. The minimum Gasteiger partial charge on any atom is -0.461 e. The van der Waals surface area contributed by atoms with Gasteiger partial charge in [0.1, 0.15) is 6.61 Å². The first-order chi connectivity index (χ1) is 13.7. The van der Waals surface area contributed by atoms with Crippen molar-refractivity contribution in [1.29, 1.82) is 5.26 Å². The van der Waals surface area contributed by atoms with E-state index in [0.29, 0.717) is 17.9 Å². The molecule has 1 aliphatic rings. The number of nitriles is 1. The lowest BCUT2D eigenvalue weighted by molar-refractivity contribution is -0.144. The van der Waals surface area contributed by atoms with Crippen molar-refractivity contribution in [2.45, 2.75) is 64.4 Å². The van der Waals surface area contributed by atoms with Crippen LogP contribution in [-0.4, -0.2) is 5.97 Å². The Balaban J connectivity index is 1.46. The summed E-state index contributed by atoms with van der Waals surface area (Å²) in [7, 11) is 0. The molecule has 1 aliphatic carbocycles. The number of hydrogen-bond acceptors (Lipinski definition) is 3. The second kappa shape index (κ2) is 10.1. The molecule has 1 saturated carbocycles. The number of rotatable bonds is 7. The van der Waals surface area contributed by atoms with Gasteiger partial charge in [0.05, 0.1) is 18.1 Å². The van der Waals surface area contributed by atoms with E-state index in [-0.39, 0.29) is 12.6 Å². The third kappa shape index (κ3) is 5.70. The maximum absolute atomic E-state index is 12.1. The average molecular weight is 376 g/mol. The molecule has 0 bridgehead atoms. The van der Waals surface area contributed by atoms with Crippen LogP contribution in [0.3, 0.4) is 0 Å². The summed E-state index contributed by atoms with van der Waals surface area (Å²) in [6.45, 7) is 2.52. The van der Waals surface area contributed by atoms with E-state index in [1.54, 1.807) is 12.1 Å². The van der Waals surface area contributed by atoms with Crippen LogP contribution in [0.1, 0.15) is 73.6 Å². The molecule has 2 aromatic carbocycles. The van der Waals surface area contributed by atoms with E-state index >= 15 is 0 Å². The van der Waals surface area contributed by atoms with Crippen molar-refractivity contribution < 1.29 is 9.53 Å². The molecule has 0 N–H and O–H groups in total. The Hall–Kier alpha value is -2.60. The van der Waals surface area contributed by atoms with Gasteiger partial charge < -0.3 is 4.74 Å². The molecule has 0 saturated heterocycles. The van der Waals surface area contributed by atoms with Crippen molar-refractivity contribution in [3.63, 3.8) is 0 Å². The van der Waals surface area contributed by atoms with Crippen LogP contribution in [0.15, 0.2) is 48.5 Å². The molecule has 0 atom stereocenters. The van der Waals surface area contributed by atoms with Crippen LogP contribution >= 0.6 is 0 Å². The molecule has 28 heavy (non-hydrogen) atoms. The SMILES string of the molecule is CCCC1CCC(c2ccc(CC(=O)OCc3ccc(C#N)cc3)cc2)CC1. The molecule has 0 radical (unpaired) electrons. The van der Waals surface area contributed by atoms with Gasteiger partial charge in [0.2, 0.25) is 0 Å². The lowest BCUT2D eigenvalue weighted by atomic mass is 9.77. The highest BCUT2D eigenvalue weighted by atomic mass is 16.5. The maximum Gasteiger partial charge on any atom is 0.310 e. The van der Waals surface area contributed by atoms with Gasteiger partial charge in [-0.25, -0.2) is 0 Å². The predicted molar refractivity (Wildman–Crippen MR) is 111 cm³/mol. The highest BCUT2D eigenvalue weighted by Gasteiger charge is 2.21. The summed E-state index contributed by atoms with van der Waals surface area (Å²) >= 11 is 0. The van der Waals surface area contributed by atoms with Crippen LogP contribution in [0, 0.1) is 17.2 Å². The molecular formula is C25H29NO2. The van der Waals surface area contributed by atoms with Crippen molar-refractivity contribution in [3.05, 3.63) is 70.8 Å². The molecule has 3 rings (SSSR count). The monoisotopic (exact) mass is 375 g/mol. The smallest absolute Gasteiger partial charge is 0.310 e.